The number of aliphatic hydroxyl groups is 1. The molecule has 0 aromatic carbocycles. The summed E-state index contributed by atoms with van der Waals surface area (Å²) in [5.74, 6) is 0. The predicted molar refractivity (Wildman–Crippen MR) is 42.7 cm³/mol. The number of aromatic nitrogens is 1. The van der Waals surface area contributed by atoms with Crippen LogP contribution in [0.3, 0.4) is 0 Å². The first-order valence-corrected chi connectivity index (χ1v) is 3.32. The molecule has 0 spiro atoms. The Bertz CT molecular complexity index is 222. The van der Waals surface area contributed by atoms with Crippen LogP contribution in [0, 0.1) is 0 Å². The number of nitrogen functional groups attached to an aromatic ring is 1. The molecule has 1 heterocycles. The third kappa shape index (κ3) is 1.89. The van der Waals surface area contributed by atoms with Gasteiger partial charge in [-0.2, -0.15) is 0 Å². The molecule has 0 aliphatic heterocycles. The molecule has 1 atom stereocenters. The zero-order valence-electron chi connectivity index (χ0n) is 6.07. The summed E-state index contributed by atoms with van der Waals surface area (Å²) in [6, 6.07) is 3.00. The standard InChI is InChI=1S/C7H11N3O/c8-5-1-2-7(10-3-5)6(9)4-11/h1-3,6,11H,4,8-9H2. The van der Waals surface area contributed by atoms with Crippen LogP contribution < -0.4 is 11.5 Å². The van der Waals surface area contributed by atoms with Crippen LogP contribution in [0.4, 0.5) is 5.69 Å². The van der Waals surface area contributed by atoms with Crippen LogP contribution in [0.25, 0.3) is 0 Å². The van der Waals surface area contributed by atoms with E-state index in [2.05, 4.69) is 4.98 Å². The van der Waals surface area contributed by atoms with E-state index in [1.165, 1.54) is 6.20 Å². The number of nitrogens with zero attached hydrogens (tertiary/aromatic N) is 1. The molecule has 60 valence electrons. The first kappa shape index (κ1) is 7.97. The largest absolute Gasteiger partial charge is 0.397 e. The number of nitrogens with two attached hydrogens (primary N) is 2. The monoisotopic (exact) mass is 153 g/mol. The quantitative estimate of drug-likeness (QED) is 0.542. The topological polar surface area (TPSA) is 85.2 Å². The summed E-state index contributed by atoms with van der Waals surface area (Å²) < 4.78 is 0. The van der Waals surface area contributed by atoms with Crippen molar-refractivity contribution in [2.24, 2.45) is 5.73 Å². The van der Waals surface area contributed by atoms with E-state index >= 15 is 0 Å². The molecule has 0 saturated carbocycles. The Morgan fingerprint density at radius 3 is 2.73 bits per heavy atom. The molecule has 0 fully saturated rings. The van der Waals surface area contributed by atoms with Crippen molar-refractivity contribution in [3.05, 3.63) is 24.0 Å². The van der Waals surface area contributed by atoms with Crippen molar-refractivity contribution in [3.8, 4) is 0 Å². The number of rotatable bonds is 2. The maximum absolute atomic E-state index is 8.66. The Morgan fingerprint density at radius 2 is 2.27 bits per heavy atom. The summed E-state index contributed by atoms with van der Waals surface area (Å²) in [5.41, 5.74) is 12.1. The number of aliphatic hydroxyl groups excluding tert-OH is 1. The van der Waals surface area contributed by atoms with Gasteiger partial charge < -0.3 is 16.6 Å². The lowest BCUT2D eigenvalue weighted by Gasteiger charge is -2.06. The smallest absolute Gasteiger partial charge is 0.0705 e. The Kier molecular flexibility index (Phi) is 2.40. The molecule has 1 aromatic rings. The summed E-state index contributed by atoms with van der Waals surface area (Å²) in [6.07, 6.45) is 1.52. The van der Waals surface area contributed by atoms with Gasteiger partial charge in [0.05, 0.1) is 30.2 Å². The molecule has 1 unspecified atom stereocenters. The molecule has 5 N–H and O–H groups in total. The third-order valence-electron chi connectivity index (χ3n) is 1.39. The van der Waals surface area contributed by atoms with Gasteiger partial charge in [-0.3, -0.25) is 4.98 Å². The average molecular weight is 153 g/mol. The van der Waals surface area contributed by atoms with Crippen molar-refractivity contribution in [2.75, 3.05) is 12.3 Å². The van der Waals surface area contributed by atoms with Crippen molar-refractivity contribution in [2.45, 2.75) is 6.04 Å². The van der Waals surface area contributed by atoms with Crippen molar-refractivity contribution in [3.63, 3.8) is 0 Å². The highest BCUT2D eigenvalue weighted by Gasteiger charge is 2.03. The minimum atomic E-state index is -0.407. The van der Waals surface area contributed by atoms with E-state index in [1.807, 2.05) is 0 Å². The van der Waals surface area contributed by atoms with E-state index in [0.717, 1.165) is 0 Å². The maximum Gasteiger partial charge on any atom is 0.0705 e. The number of anilines is 1. The summed E-state index contributed by atoms with van der Waals surface area (Å²) in [7, 11) is 0. The second kappa shape index (κ2) is 3.32. The summed E-state index contributed by atoms with van der Waals surface area (Å²) in [4.78, 5) is 3.94. The molecule has 0 aliphatic carbocycles. The minimum Gasteiger partial charge on any atom is -0.397 e. The highest BCUT2D eigenvalue weighted by Crippen LogP contribution is 2.07. The van der Waals surface area contributed by atoms with Gasteiger partial charge in [-0.1, -0.05) is 0 Å². The molecule has 4 nitrogen and oxygen atoms in total. The zero-order valence-corrected chi connectivity index (χ0v) is 6.07. The van der Waals surface area contributed by atoms with E-state index in [4.69, 9.17) is 16.6 Å². The first-order chi connectivity index (χ1) is 5.24. The fraction of sp³-hybridized carbons (Fsp3) is 0.286. The van der Waals surface area contributed by atoms with Crippen molar-refractivity contribution < 1.29 is 5.11 Å². The van der Waals surface area contributed by atoms with E-state index in [1.54, 1.807) is 12.1 Å². The van der Waals surface area contributed by atoms with Crippen molar-refractivity contribution in [1.82, 2.24) is 4.98 Å². The van der Waals surface area contributed by atoms with Crippen LogP contribution >= 0.6 is 0 Å². The van der Waals surface area contributed by atoms with Gasteiger partial charge in [0.2, 0.25) is 0 Å². The molecule has 0 aliphatic rings. The second-order valence-corrected chi connectivity index (χ2v) is 2.31. The van der Waals surface area contributed by atoms with Crippen LogP contribution in [0.5, 0.6) is 0 Å². The van der Waals surface area contributed by atoms with E-state index < -0.39 is 6.04 Å². The highest BCUT2D eigenvalue weighted by atomic mass is 16.3. The SMILES string of the molecule is Nc1ccc(C(N)CO)nc1. The normalized spacial score (nSPS) is 12.9. The fourth-order valence-corrected chi connectivity index (χ4v) is 0.730. The maximum atomic E-state index is 8.66. The van der Waals surface area contributed by atoms with Crippen molar-refractivity contribution >= 4 is 5.69 Å². The van der Waals surface area contributed by atoms with Gasteiger partial charge in [-0.25, -0.2) is 0 Å². The number of hydrogen-bond donors (Lipinski definition) is 3. The molecule has 0 bridgehead atoms. The number of pyridine rings is 1. The molecular weight excluding hydrogens is 142 g/mol. The lowest BCUT2D eigenvalue weighted by atomic mass is 10.2. The highest BCUT2D eigenvalue weighted by molar-refractivity contribution is 5.35. The summed E-state index contributed by atoms with van der Waals surface area (Å²) in [5, 5.41) is 8.66. The average Bonchev–Trinajstić information content (AvgIpc) is 2.05. The van der Waals surface area contributed by atoms with Gasteiger partial charge in [0, 0.05) is 0 Å². The van der Waals surface area contributed by atoms with Crippen LogP contribution in [-0.2, 0) is 0 Å². The van der Waals surface area contributed by atoms with Gasteiger partial charge >= 0.3 is 0 Å². The predicted octanol–water partition coefficient (Wildman–Crippen LogP) is -0.344. The van der Waals surface area contributed by atoms with E-state index in [-0.39, 0.29) is 6.61 Å². The lowest BCUT2D eigenvalue weighted by molar-refractivity contribution is 0.266. The minimum absolute atomic E-state index is 0.100. The lowest BCUT2D eigenvalue weighted by Crippen LogP contribution is -2.15. The van der Waals surface area contributed by atoms with Crippen LogP contribution in [0.2, 0.25) is 0 Å². The molecule has 11 heavy (non-hydrogen) atoms. The molecule has 0 saturated heterocycles. The Morgan fingerprint density at radius 1 is 1.55 bits per heavy atom. The van der Waals surface area contributed by atoms with E-state index in [0.29, 0.717) is 11.4 Å². The van der Waals surface area contributed by atoms with Crippen LogP contribution in [0.15, 0.2) is 18.3 Å². The molecular formula is C7H11N3O. The van der Waals surface area contributed by atoms with Gasteiger partial charge in [-0.05, 0) is 12.1 Å². The molecule has 4 heteroatoms. The van der Waals surface area contributed by atoms with Gasteiger partial charge in [0.1, 0.15) is 0 Å². The fourth-order valence-electron chi connectivity index (χ4n) is 0.730. The van der Waals surface area contributed by atoms with Gasteiger partial charge in [-0.15, -0.1) is 0 Å². The molecule has 0 radical (unpaired) electrons. The second-order valence-electron chi connectivity index (χ2n) is 2.31. The Labute approximate surface area is 64.9 Å². The zero-order chi connectivity index (χ0) is 8.27. The Hall–Kier alpha value is -1.13. The first-order valence-electron chi connectivity index (χ1n) is 3.32. The van der Waals surface area contributed by atoms with Gasteiger partial charge in [0.25, 0.3) is 0 Å². The van der Waals surface area contributed by atoms with Crippen LogP contribution in [0.1, 0.15) is 11.7 Å². The van der Waals surface area contributed by atoms with Crippen LogP contribution in [-0.4, -0.2) is 16.7 Å². The summed E-state index contributed by atoms with van der Waals surface area (Å²) in [6.45, 7) is -0.100. The summed E-state index contributed by atoms with van der Waals surface area (Å²) >= 11 is 0. The number of hydrogen-bond acceptors (Lipinski definition) is 4. The van der Waals surface area contributed by atoms with E-state index in [9.17, 15) is 0 Å². The third-order valence-corrected chi connectivity index (χ3v) is 1.39. The van der Waals surface area contributed by atoms with Crippen molar-refractivity contribution in [1.29, 1.82) is 0 Å². The molecule has 1 rings (SSSR count). The Balaban J connectivity index is 2.81. The van der Waals surface area contributed by atoms with Gasteiger partial charge in [0.15, 0.2) is 0 Å². The molecule has 0 amide bonds. The molecule has 1 aromatic heterocycles.